The normalized spacial score (nSPS) is 12.6. The van der Waals surface area contributed by atoms with Crippen molar-refractivity contribution < 1.29 is 85.2 Å². The molecular formula is C43H34FN9O18S6. The third-order valence-electron chi connectivity index (χ3n) is 10.7. The summed E-state index contributed by atoms with van der Waals surface area (Å²) >= 11 is 0.773. The molecule has 0 amide bonds. The van der Waals surface area contributed by atoms with Crippen LogP contribution < -0.4 is 10.2 Å². The second-order valence-electron chi connectivity index (χ2n) is 15.5. The maximum Gasteiger partial charge on any atom is 0.315 e. The van der Waals surface area contributed by atoms with Crippen LogP contribution in [0, 0.1) is 6.08 Å². The lowest BCUT2D eigenvalue weighted by atomic mass is 10.1. The van der Waals surface area contributed by atoms with E-state index in [-0.39, 0.29) is 86.8 Å². The fourth-order valence-corrected chi connectivity index (χ4v) is 11.4. The molecule has 6 N–H and O–H groups in total. The van der Waals surface area contributed by atoms with E-state index in [9.17, 15) is 47.3 Å². The van der Waals surface area contributed by atoms with E-state index in [1.165, 1.54) is 65.6 Å². The van der Waals surface area contributed by atoms with Crippen molar-refractivity contribution in [1.29, 1.82) is 0 Å². The van der Waals surface area contributed by atoms with Gasteiger partial charge in [0, 0.05) is 49.4 Å². The predicted octanol–water partition coefficient (Wildman–Crippen LogP) is 9.77. The monoisotopic (exact) mass is 1180 g/mol. The Morgan fingerprint density at radius 2 is 1.22 bits per heavy atom. The molecule has 0 aliphatic heterocycles. The van der Waals surface area contributed by atoms with Crippen LogP contribution in [0.15, 0.2) is 161 Å². The summed E-state index contributed by atoms with van der Waals surface area (Å²) in [6.45, 7) is -0.665. The van der Waals surface area contributed by atoms with E-state index in [4.69, 9.17) is 14.7 Å². The summed E-state index contributed by atoms with van der Waals surface area (Å²) in [5.74, 6) is -1.84. The lowest BCUT2D eigenvalue weighted by molar-refractivity contribution is -0.434. The van der Waals surface area contributed by atoms with Gasteiger partial charge in [0.1, 0.15) is 14.7 Å². The summed E-state index contributed by atoms with van der Waals surface area (Å²) in [5.41, 5.74) is 0.264. The number of hydrogen-bond acceptors (Lipinski definition) is 26. The minimum Gasteiger partial charge on any atom is -0.323 e. The topological polar surface area (TPSA) is 387 Å². The van der Waals surface area contributed by atoms with Gasteiger partial charge in [-0.2, -0.15) is 49.7 Å². The first-order valence-electron chi connectivity index (χ1n) is 21.2. The lowest BCUT2D eigenvalue weighted by Crippen LogP contribution is -2.29. The Hall–Kier alpha value is -6.84. The maximum absolute atomic E-state index is 15.4. The molecule has 1 heterocycles. The van der Waals surface area contributed by atoms with Gasteiger partial charge in [0.15, 0.2) is 22.2 Å². The Balaban J connectivity index is 1.16. The van der Waals surface area contributed by atoms with Crippen LogP contribution >= 0.6 is 24.4 Å². The molecule has 0 aliphatic carbocycles. The SMILES string of the molecule is O=S(=O)(CCOSOOO)CCN(c1ccccc1)c1nc(F)nc(Nc2ccc(N=Nc3ccc(N=Nc4cc(S(=O)(=O)O)c5cccc(S(=O)(=O)O)c5c4)c4cc(SOOO)ccc34)c3cccc(S(=O)(=O)O)c23)n1. The number of benzene rings is 7. The van der Waals surface area contributed by atoms with Gasteiger partial charge in [0.2, 0.25) is 11.9 Å². The highest BCUT2D eigenvalue weighted by atomic mass is 32.2. The van der Waals surface area contributed by atoms with Gasteiger partial charge in [-0.05, 0) is 72.8 Å². The van der Waals surface area contributed by atoms with Crippen molar-refractivity contribution in [2.75, 3.05) is 34.9 Å². The Morgan fingerprint density at radius 3 is 1.91 bits per heavy atom. The van der Waals surface area contributed by atoms with E-state index in [1.807, 2.05) is 0 Å². The average Bonchev–Trinajstić information content (AvgIpc) is 3.40. The Labute approximate surface area is 442 Å². The number of azo groups is 2. The molecule has 0 spiro atoms. The standard InChI is InChI=1S/C43H34FN9O18S6/c44-41-46-42(48-43(47-41)53(26-6-2-1-3-7-26)18-20-74(56,57)21-19-67-73-71-69-55)45-36-17-16-34(30-9-5-11-38(40(30)36)76(61,62)63)52-51-33-14-15-35(31-24-27(72-70-68-54)12-13-28(31)33)50-49-25-22-32-29(39(23-25)77(64,65)66)8-4-10-37(32)75(58,59)60/h1-17,22-24,54-55H,18-21H2,(H,58,59,60)(H,61,62,63)(H,64,65,66)(H,45,46,47,48). The largest absolute Gasteiger partial charge is 0.323 e. The first-order chi connectivity index (χ1) is 36.6. The predicted molar refractivity (Wildman–Crippen MR) is 274 cm³/mol. The van der Waals surface area contributed by atoms with Crippen LogP contribution in [0.4, 0.5) is 50.4 Å². The van der Waals surface area contributed by atoms with E-state index in [2.05, 4.69) is 59.5 Å². The molecule has 8 rings (SSSR count). The van der Waals surface area contributed by atoms with Gasteiger partial charge < -0.3 is 10.2 Å². The van der Waals surface area contributed by atoms with E-state index in [1.54, 1.807) is 36.4 Å². The number of fused-ring (bicyclic) bond motifs is 3. The van der Waals surface area contributed by atoms with Gasteiger partial charge in [-0.1, -0.05) is 58.6 Å². The molecule has 0 saturated carbocycles. The quantitative estimate of drug-likeness (QED) is 0.00866. The molecule has 0 atom stereocenters. The molecule has 0 bridgehead atoms. The van der Waals surface area contributed by atoms with Crippen molar-refractivity contribution in [2.45, 2.75) is 19.6 Å². The second kappa shape index (κ2) is 23.8. The molecule has 27 nitrogen and oxygen atoms in total. The molecule has 0 saturated heterocycles. The van der Waals surface area contributed by atoms with Crippen LogP contribution in [-0.2, 0) is 63.1 Å². The number of sulfone groups is 1. The summed E-state index contributed by atoms with van der Waals surface area (Å²) < 4.78 is 160. The minimum absolute atomic E-state index is 0.0288. The van der Waals surface area contributed by atoms with Crippen molar-refractivity contribution >= 4 is 143 Å². The van der Waals surface area contributed by atoms with Crippen LogP contribution in [0.3, 0.4) is 0 Å². The van der Waals surface area contributed by atoms with Gasteiger partial charge in [-0.25, -0.2) is 18.9 Å². The summed E-state index contributed by atoms with van der Waals surface area (Å²) in [6.07, 6.45) is -1.32. The number of nitrogens with zero attached hydrogens (tertiary/aromatic N) is 8. The molecule has 34 heteroatoms. The summed E-state index contributed by atoms with van der Waals surface area (Å²) in [7, 11) is -18.7. The zero-order valence-electron chi connectivity index (χ0n) is 38.3. The van der Waals surface area contributed by atoms with Crippen molar-refractivity contribution in [1.82, 2.24) is 15.0 Å². The minimum atomic E-state index is -5.00. The molecular weight excluding hydrogens is 1140 g/mol. The molecule has 77 heavy (non-hydrogen) atoms. The number of para-hydroxylation sites is 1. The molecule has 0 fully saturated rings. The van der Waals surface area contributed by atoms with Crippen LogP contribution in [-0.4, -0.2) is 97.5 Å². The zero-order valence-corrected chi connectivity index (χ0v) is 43.2. The lowest BCUT2D eigenvalue weighted by Gasteiger charge is -2.23. The summed E-state index contributed by atoms with van der Waals surface area (Å²) in [4.78, 5) is 11.5. The number of hydrogen-bond donors (Lipinski definition) is 6. The smallest absolute Gasteiger partial charge is 0.315 e. The number of nitrogens with one attached hydrogen (secondary N) is 1. The van der Waals surface area contributed by atoms with E-state index in [0.717, 1.165) is 24.3 Å². The van der Waals surface area contributed by atoms with E-state index < -0.39 is 78.4 Å². The van der Waals surface area contributed by atoms with E-state index in [0.29, 0.717) is 28.0 Å². The number of aromatic nitrogens is 3. The first-order valence-corrected chi connectivity index (χ1v) is 28.8. The molecule has 1 aromatic heterocycles. The van der Waals surface area contributed by atoms with Crippen molar-refractivity contribution in [3.63, 3.8) is 0 Å². The van der Waals surface area contributed by atoms with Crippen molar-refractivity contribution in [3.8, 4) is 0 Å². The highest BCUT2D eigenvalue weighted by molar-refractivity contribution is 7.94. The van der Waals surface area contributed by atoms with Crippen LogP contribution in [0.1, 0.15) is 0 Å². The molecule has 7 aromatic carbocycles. The van der Waals surface area contributed by atoms with Gasteiger partial charge in [-0.15, -0.1) is 24.0 Å². The highest BCUT2D eigenvalue weighted by Gasteiger charge is 2.25. The second-order valence-corrected chi connectivity index (χ2v) is 23.2. The van der Waals surface area contributed by atoms with Gasteiger partial charge >= 0.3 is 6.08 Å². The van der Waals surface area contributed by atoms with Crippen LogP contribution in [0.2, 0.25) is 0 Å². The summed E-state index contributed by atoms with van der Waals surface area (Å²) in [6, 6.07) is 27.6. The van der Waals surface area contributed by atoms with Gasteiger partial charge in [0.25, 0.3) is 30.4 Å². The maximum atomic E-state index is 15.4. The number of halogens is 1. The van der Waals surface area contributed by atoms with Gasteiger partial charge in [-0.3, -0.25) is 17.8 Å². The molecule has 0 unspecified atom stereocenters. The van der Waals surface area contributed by atoms with Crippen molar-refractivity contribution in [2.24, 2.45) is 20.5 Å². The van der Waals surface area contributed by atoms with Crippen LogP contribution in [0.5, 0.6) is 0 Å². The number of rotatable bonds is 23. The van der Waals surface area contributed by atoms with Gasteiger partial charge in [0.05, 0.1) is 58.6 Å². The van der Waals surface area contributed by atoms with Crippen molar-refractivity contribution in [3.05, 3.63) is 127 Å². The first kappa shape index (κ1) is 56.4. The number of anilines is 4. The molecule has 0 aliphatic rings. The molecule has 8 aromatic rings. The highest BCUT2D eigenvalue weighted by Crippen LogP contribution is 2.42. The average molecular weight is 1180 g/mol. The third-order valence-corrected chi connectivity index (χ3v) is 16.0. The molecule has 402 valence electrons. The fourth-order valence-electron chi connectivity index (χ4n) is 7.51. The summed E-state index contributed by atoms with van der Waals surface area (Å²) in [5, 5.41) is 44.1. The Bertz CT molecular complexity index is 4080. The Kier molecular flexibility index (Phi) is 17.4. The zero-order chi connectivity index (χ0) is 55.1. The van der Waals surface area contributed by atoms with Crippen LogP contribution in [0.25, 0.3) is 32.3 Å². The Morgan fingerprint density at radius 1 is 0.584 bits per heavy atom. The third kappa shape index (κ3) is 13.8. The fraction of sp³-hybridized carbons (Fsp3) is 0.0930. The molecule has 0 radical (unpaired) electrons. The van der Waals surface area contributed by atoms with E-state index >= 15 is 4.39 Å².